The van der Waals surface area contributed by atoms with Crippen LogP contribution in [0.1, 0.15) is 27.2 Å². The van der Waals surface area contributed by atoms with E-state index in [0.29, 0.717) is 0 Å². The molecule has 0 aromatic carbocycles. The van der Waals surface area contributed by atoms with E-state index in [0.717, 1.165) is 0 Å². The third kappa shape index (κ3) is 8.52. The van der Waals surface area contributed by atoms with Gasteiger partial charge in [-0.15, -0.1) is 13.2 Å². The molecule has 0 radical (unpaired) electrons. The fourth-order valence-corrected chi connectivity index (χ4v) is 0.850. The molecular weight excluding hydrogens is 225 g/mol. The van der Waals surface area contributed by atoms with E-state index in [4.69, 9.17) is 4.74 Å². The minimum absolute atomic E-state index is 0.123. The van der Waals surface area contributed by atoms with Crippen LogP contribution in [0.5, 0.6) is 0 Å². The smallest absolute Gasteiger partial charge is 0.465 e. The predicted molar refractivity (Wildman–Crippen MR) is 51.6 cm³/mol. The highest BCUT2D eigenvalue weighted by Crippen LogP contribution is 2.17. The van der Waals surface area contributed by atoms with Gasteiger partial charge >= 0.3 is 12.3 Å². The van der Waals surface area contributed by atoms with Crippen molar-refractivity contribution in [1.29, 1.82) is 0 Å². The van der Waals surface area contributed by atoms with Crippen molar-refractivity contribution in [2.45, 2.75) is 33.6 Å². The zero-order valence-corrected chi connectivity index (χ0v) is 9.63. The first kappa shape index (κ1) is 15.2. The summed E-state index contributed by atoms with van der Waals surface area (Å²) < 4.78 is 43.3. The first-order valence-corrected chi connectivity index (χ1v) is 5.09. The lowest BCUT2D eigenvalue weighted by molar-refractivity contribution is -0.325. The van der Waals surface area contributed by atoms with Crippen molar-refractivity contribution in [2.24, 2.45) is 11.8 Å². The quantitative estimate of drug-likeness (QED) is 0.672. The lowest BCUT2D eigenvalue weighted by Gasteiger charge is -2.14. The summed E-state index contributed by atoms with van der Waals surface area (Å²) >= 11 is 0. The standard InChI is InChI=1S/C10H17F3O3/c1-7(2)9(14)15-6-8(3)4-5-16-10(11,12)13/h7-8H,4-6H2,1-3H3. The van der Waals surface area contributed by atoms with Crippen molar-refractivity contribution in [1.82, 2.24) is 0 Å². The average Bonchev–Trinajstić information content (AvgIpc) is 2.11. The first-order chi connectivity index (χ1) is 7.22. The van der Waals surface area contributed by atoms with E-state index in [1.807, 2.05) is 0 Å². The van der Waals surface area contributed by atoms with E-state index >= 15 is 0 Å². The highest BCUT2D eigenvalue weighted by Gasteiger charge is 2.28. The summed E-state index contributed by atoms with van der Waals surface area (Å²) in [5.41, 5.74) is 0. The molecule has 0 aromatic rings. The molecule has 1 atom stereocenters. The van der Waals surface area contributed by atoms with Gasteiger partial charge in [-0.25, -0.2) is 0 Å². The molecule has 0 saturated heterocycles. The molecule has 0 amide bonds. The Kier molecular flexibility index (Phi) is 6.40. The second-order valence-electron chi connectivity index (χ2n) is 3.97. The van der Waals surface area contributed by atoms with Crippen LogP contribution in [0, 0.1) is 11.8 Å². The molecule has 0 aromatic heterocycles. The number of carbonyl (C=O) groups excluding carboxylic acids is 1. The number of ether oxygens (including phenoxy) is 2. The fraction of sp³-hybridized carbons (Fsp3) is 0.900. The Hall–Kier alpha value is -0.780. The molecule has 0 saturated carbocycles. The molecule has 0 rings (SSSR count). The van der Waals surface area contributed by atoms with Gasteiger partial charge < -0.3 is 4.74 Å². The van der Waals surface area contributed by atoms with Crippen molar-refractivity contribution in [3.63, 3.8) is 0 Å². The van der Waals surface area contributed by atoms with Gasteiger partial charge in [-0.2, -0.15) is 0 Å². The number of esters is 1. The number of hydrogen-bond donors (Lipinski definition) is 0. The van der Waals surface area contributed by atoms with E-state index in [9.17, 15) is 18.0 Å². The van der Waals surface area contributed by atoms with Crippen LogP contribution < -0.4 is 0 Å². The van der Waals surface area contributed by atoms with Crippen molar-refractivity contribution in [2.75, 3.05) is 13.2 Å². The Bertz CT molecular complexity index is 214. The van der Waals surface area contributed by atoms with Crippen molar-refractivity contribution < 1.29 is 27.4 Å². The summed E-state index contributed by atoms with van der Waals surface area (Å²) in [4.78, 5) is 11.0. The molecule has 0 fully saturated rings. The van der Waals surface area contributed by atoms with Gasteiger partial charge in [-0.3, -0.25) is 9.53 Å². The number of carbonyl (C=O) groups is 1. The third-order valence-corrected chi connectivity index (χ3v) is 1.86. The van der Waals surface area contributed by atoms with Crippen LogP contribution in [0.4, 0.5) is 13.2 Å². The minimum Gasteiger partial charge on any atom is -0.465 e. The van der Waals surface area contributed by atoms with Gasteiger partial charge in [-0.1, -0.05) is 20.8 Å². The van der Waals surface area contributed by atoms with Crippen molar-refractivity contribution in [3.05, 3.63) is 0 Å². The molecule has 0 N–H and O–H groups in total. The largest absolute Gasteiger partial charge is 0.522 e. The van der Waals surface area contributed by atoms with Gasteiger partial charge in [0.15, 0.2) is 0 Å². The summed E-state index contributed by atoms with van der Waals surface area (Å²) in [6.07, 6.45) is -4.39. The van der Waals surface area contributed by atoms with Gasteiger partial charge in [0, 0.05) is 0 Å². The van der Waals surface area contributed by atoms with Gasteiger partial charge in [0.25, 0.3) is 0 Å². The molecule has 0 heterocycles. The highest BCUT2D eigenvalue weighted by molar-refractivity contribution is 5.71. The summed E-state index contributed by atoms with van der Waals surface area (Å²) in [6.45, 7) is 4.80. The minimum atomic E-state index is -4.59. The summed E-state index contributed by atoms with van der Waals surface area (Å²) in [7, 11) is 0. The van der Waals surface area contributed by atoms with Crippen LogP contribution in [0.25, 0.3) is 0 Å². The molecule has 0 aliphatic carbocycles. The molecule has 1 unspecified atom stereocenters. The van der Waals surface area contributed by atoms with Gasteiger partial charge in [0.1, 0.15) is 0 Å². The molecule has 0 bridgehead atoms. The maximum absolute atomic E-state index is 11.6. The van der Waals surface area contributed by atoms with Gasteiger partial charge in [0.2, 0.25) is 0 Å². The maximum atomic E-state index is 11.6. The first-order valence-electron chi connectivity index (χ1n) is 5.09. The topological polar surface area (TPSA) is 35.5 Å². The lowest BCUT2D eigenvalue weighted by Crippen LogP contribution is -2.19. The van der Waals surface area contributed by atoms with E-state index in [1.165, 1.54) is 0 Å². The van der Waals surface area contributed by atoms with Crippen LogP contribution in [0.3, 0.4) is 0 Å². The van der Waals surface area contributed by atoms with Crippen molar-refractivity contribution in [3.8, 4) is 0 Å². The SMILES string of the molecule is CC(CCOC(F)(F)F)COC(=O)C(C)C. The third-order valence-electron chi connectivity index (χ3n) is 1.86. The molecule has 96 valence electrons. The number of alkyl halides is 3. The monoisotopic (exact) mass is 242 g/mol. The molecule has 3 nitrogen and oxygen atoms in total. The Morgan fingerprint density at radius 2 is 1.81 bits per heavy atom. The fourth-order valence-electron chi connectivity index (χ4n) is 0.850. The zero-order chi connectivity index (χ0) is 12.8. The van der Waals surface area contributed by atoms with Crippen LogP contribution in [0.2, 0.25) is 0 Å². The molecule has 0 aliphatic rings. The van der Waals surface area contributed by atoms with Gasteiger partial charge in [0.05, 0.1) is 19.1 Å². The van der Waals surface area contributed by atoms with Crippen LogP contribution in [0.15, 0.2) is 0 Å². The van der Waals surface area contributed by atoms with Crippen molar-refractivity contribution >= 4 is 5.97 Å². The Balaban J connectivity index is 3.60. The molecule has 16 heavy (non-hydrogen) atoms. The van der Waals surface area contributed by atoms with E-state index in [-0.39, 0.29) is 30.8 Å². The average molecular weight is 242 g/mol. The highest BCUT2D eigenvalue weighted by atomic mass is 19.4. The molecule has 6 heteroatoms. The lowest BCUT2D eigenvalue weighted by atomic mass is 10.1. The Morgan fingerprint density at radius 1 is 1.25 bits per heavy atom. The molecule has 0 aliphatic heterocycles. The Morgan fingerprint density at radius 3 is 2.25 bits per heavy atom. The second-order valence-corrected chi connectivity index (χ2v) is 3.97. The normalized spacial score (nSPS) is 13.9. The zero-order valence-electron chi connectivity index (χ0n) is 9.63. The van der Waals surface area contributed by atoms with E-state index in [1.54, 1.807) is 20.8 Å². The summed E-state index contributed by atoms with van der Waals surface area (Å²) in [6, 6.07) is 0. The summed E-state index contributed by atoms with van der Waals surface area (Å²) in [5, 5.41) is 0. The van der Waals surface area contributed by atoms with Crippen LogP contribution in [-0.2, 0) is 14.3 Å². The molecule has 0 spiro atoms. The van der Waals surface area contributed by atoms with Gasteiger partial charge in [-0.05, 0) is 12.3 Å². The summed E-state index contributed by atoms with van der Waals surface area (Å²) in [5.74, 6) is -0.715. The predicted octanol–water partition coefficient (Wildman–Crippen LogP) is 2.75. The second kappa shape index (κ2) is 6.73. The van der Waals surface area contributed by atoms with E-state index in [2.05, 4.69) is 4.74 Å². The van der Waals surface area contributed by atoms with Crippen LogP contribution in [-0.4, -0.2) is 25.5 Å². The van der Waals surface area contributed by atoms with Crippen LogP contribution >= 0.6 is 0 Å². The number of hydrogen-bond acceptors (Lipinski definition) is 3. The Labute approximate surface area is 92.9 Å². The maximum Gasteiger partial charge on any atom is 0.522 e. The number of rotatable bonds is 6. The molecular formula is C10H17F3O3. The van der Waals surface area contributed by atoms with E-state index < -0.39 is 13.0 Å². The number of halogens is 3.